The van der Waals surface area contributed by atoms with Gasteiger partial charge in [0.2, 0.25) is 5.91 Å². The van der Waals surface area contributed by atoms with Crippen molar-refractivity contribution >= 4 is 23.2 Å². The summed E-state index contributed by atoms with van der Waals surface area (Å²) in [5, 5.41) is 5.99. The maximum absolute atomic E-state index is 13.2. The number of nitrogens with zero attached hydrogens (tertiary/aromatic N) is 3. The minimum Gasteiger partial charge on any atom is -0.486 e. The molecule has 2 aliphatic heterocycles. The summed E-state index contributed by atoms with van der Waals surface area (Å²) in [5.74, 6) is 0.671. The van der Waals surface area contributed by atoms with Crippen LogP contribution in [0.1, 0.15) is 18.9 Å². The van der Waals surface area contributed by atoms with Gasteiger partial charge in [-0.15, -0.1) is 0 Å². The van der Waals surface area contributed by atoms with Crippen LogP contribution in [0.4, 0.5) is 5.69 Å². The van der Waals surface area contributed by atoms with Crippen LogP contribution in [-0.2, 0) is 16.1 Å². The van der Waals surface area contributed by atoms with Crippen molar-refractivity contribution in [3.05, 3.63) is 54.1 Å². The molecule has 4 rings (SSSR count). The number of hydrogen-bond acceptors (Lipinski definition) is 6. The van der Waals surface area contributed by atoms with Gasteiger partial charge in [0.05, 0.1) is 5.69 Å². The van der Waals surface area contributed by atoms with E-state index in [2.05, 4.69) is 5.10 Å². The minimum absolute atomic E-state index is 0.181. The first kappa shape index (κ1) is 19.8. The van der Waals surface area contributed by atoms with Gasteiger partial charge >= 0.3 is 0 Å². The van der Waals surface area contributed by atoms with Crippen LogP contribution >= 0.6 is 0 Å². The Bertz CT molecular complexity index is 976. The maximum atomic E-state index is 13.2. The number of rotatable bonds is 6. The minimum atomic E-state index is -0.681. The fraction of sp³-hybridized carbons (Fsp3) is 0.318. The lowest BCUT2D eigenvalue weighted by atomic mass is 10.1. The van der Waals surface area contributed by atoms with E-state index in [0.29, 0.717) is 43.5 Å². The van der Waals surface area contributed by atoms with Crippen molar-refractivity contribution in [2.24, 2.45) is 10.8 Å². The van der Waals surface area contributed by atoms with Crippen molar-refractivity contribution in [2.45, 2.75) is 25.9 Å². The van der Waals surface area contributed by atoms with Crippen LogP contribution in [0.3, 0.4) is 0 Å². The molecule has 2 aromatic rings. The first-order valence-corrected chi connectivity index (χ1v) is 9.95. The van der Waals surface area contributed by atoms with E-state index in [0.717, 1.165) is 11.3 Å². The molecule has 0 saturated heterocycles. The summed E-state index contributed by atoms with van der Waals surface area (Å²) in [6.45, 7) is 3.85. The van der Waals surface area contributed by atoms with Gasteiger partial charge in [-0.3, -0.25) is 14.6 Å². The third-order valence-corrected chi connectivity index (χ3v) is 5.16. The van der Waals surface area contributed by atoms with Gasteiger partial charge in [0.1, 0.15) is 25.0 Å². The summed E-state index contributed by atoms with van der Waals surface area (Å²) in [6, 6.07) is 14.2. The maximum Gasteiger partial charge on any atom is 0.270 e. The third kappa shape index (κ3) is 3.94. The standard InChI is InChI=1S/C22H24N4O4/c1-2-25(14-15-8-9-19-20(12-15)30-11-10-29-19)22(28)17-13-18(21(23)27)26(24-17)16-6-4-3-5-7-16/h3-9,12,18H,2,10-11,13-14H2,1H3,(H2,23,27)/t18-/m0/s1. The molecule has 30 heavy (non-hydrogen) atoms. The lowest BCUT2D eigenvalue weighted by Crippen LogP contribution is -2.40. The molecule has 0 fully saturated rings. The number of anilines is 1. The van der Waals surface area contributed by atoms with E-state index >= 15 is 0 Å². The first-order chi connectivity index (χ1) is 14.6. The molecule has 0 spiro atoms. The number of nitrogens with two attached hydrogens (primary N) is 1. The zero-order valence-corrected chi connectivity index (χ0v) is 16.8. The van der Waals surface area contributed by atoms with Crippen molar-refractivity contribution in [3.8, 4) is 11.5 Å². The molecule has 0 saturated carbocycles. The van der Waals surface area contributed by atoms with Crippen LogP contribution in [-0.4, -0.2) is 48.2 Å². The Balaban J connectivity index is 1.54. The molecule has 0 aromatic heterocycles. The molecule has 8 nitrogen and oxygen atoms in total. The second-order valence-electron chi connectivity index (χ2n) is 7.15. The van der Waals surface area contributed by atoms with Gasteiger partial charge in [-0.05, 0) is 36.8 Å². The highest BCUT2D eigenvalue weighted by molar-refractivity contribution is 6.40. The number of hydrogen-bond donors (Lipinski definition) is 1. The number of hydrazone groups is 1. The monoisotopic (exact) mass is 408 g/mol. The van der Waals surface area contributed by atoms with Crippen LogP contribution in [0, 0.1) is 0 Å². The van der Waals surface area contributed by atoms with Crippen molar-refractivity contribution < 1.29 is 19.1 Å². The van der Waals surface area contributed by atoms with Crippen molar-refractivity contribution in [3.63, 3.8) is 0 Å². The smallest absolute Gasteiger partial charge is 0.270 e. The van der Waals surface area contributed by atoms with E-state index < -0.39 is 11.9 Å². The van der Waals surface area contributed by atoms with Gasteiger partial charge in [-0.25, -0.2) is 0 Å². The molecule has 2 N–H and O–H groups in total. The highest BCUT2D eigenvalue weighted by Crippen LogP contribution is 2.31. The molecule has 2 heterocycles. The predicted octanol–water partition coefficient (Wildman–Crippen LogP) is 1.93. The number of carbonyl (C=O) groups is 2. The molecule has 0 aliphatic carbocycles. The second-order valence-corrected chi connectivity index (χ2v) is 7.15. The number of ether oxygens (including phenoxy) is 2. The summed E-state index contributed by atoms with van der Waals surface area (Å²) in [6.07, 6.45) is 0.181. The second kappa shape index (κ2) is 8.44. The summed E-state index contributed by atoms with van der Waals surface area (Å²) < 4.78 is 11.2. The summed E-state index contributed by atoms with van der Waals surface area (Å²) in [5.41, 5.74) is 7.55. The molecule has 0 bridgehead atoms. The molecular formula is C22H24N4O4. The number of para-hydroxylation sites is 1. The van der Waals surface area contributed by atoms with E-state index in [4.69, 9.17) is 15.2 Å². The Morgan fingerprint density at radius 3 is 2.57 bits per heavy atom. The molecule has 0 radical (unpaired) electrons. The zero-order valence-electron chi connectivity index (χ0n) is 16.8. The third-order valence-electron chi connectivity index (χ3n) is 5.16. The number of fused-ring (bicyclic) bond motifs is 1. The quantitative estimate of drug-likeness (QED) is 0.788. The van der Waals surface area contributed by atoms with Crippen LogP contribution in [0.5, 0.6) is 11.5 Å². The van der Waals surface area contributed by atoms with Crippen LogP contribution in [0.2, 0.25) is 0 Å². The molecule has 2 aromatic carbocycles. The molecule has 2 aliphatic rings. The Kier molecular flexibility index (Phi) is 5.56. The predicted molar refractivity (Wildman–Crippen MR) is 112 cm³/mol. The average Bonchev–Trinajstić information content (AvgIpc) is 3.23. The van der Waals surface area contributed by atoms with Gasteiger partial charge in [0.25, 0.3) is 5.91 Å². The molecular weight excluding hydrogens is 384 g/mol. The van der Waals surface area contributed by atoms with Crippen molar-refractivity contribution in [2.75, 3.05) is 24.8 Å². The summed E-state index contributed by atoms with van der Waals surface area (Å²) in [7, 11) is 0. The number of benzene rings is 2. The first-order valence-electron chi connectivity index (χ1n) is 9.95. The fourth-order valence-electron chi connectivity index (χ4n) is 3.60. The van der Waals surface area contributed by atoms with Crippen LogP contribution < -0.4 is 20.2 Å². The lowest BCUT2D eigenvalue weighted by Gasteiger charge is -2.23. The van der Waals surface area contributed by atoms with Gasteiger partial charge in [-0.2, -0.15) is 5.10 Å². The highest BCUT2D eigenvalue weighted by Gasteiger charge is 2.36. The molecule has 156 valence electrons. The average molecular weight is 408 g/mol. The number of carbonyl (C=O) groups excluding carboxylic acids is 2. The van der Waals surface area contributed by atoms with E-state index in [1.807, 2.05) is 55.5 Å². The summed E-state index contributed by atoms with van der Waals surface area (Å²) >= 11 is 0. The van der Waals surface area contributed by atoms with Crippen molar-refractivity contribution in [1.29, 1.82) is 0 Å². The Morgan fingerprint density at radius 2 is 1.87 bits per heavy atom. The largest absolute Gasteiger partial charge is 0.486 e. The Morgan fingerprint density at radius 1 is 1.13 bits per heavy atom. The Hall–Kier alpha value is -3.55. The lowest BCUT2D eigenvalue weighted by molar-refractivity contribution is -0.124. The zero-order chi connectivity index (χ0) is 21.1. The number of amides is 2. The highest BCUT2D eigenvalue weighted by atomic mass is 16.6. The number of primary amides is 1. The van der Waals surface area contributed by atoms with Crippen molar-refractivity contribution in [1.82, 2.24) is 4.90 Å². The fourth-order valence-corrected chi connectivity index (χ4v) is 3.60. The molecule has 8 heteroatoms. The molecule has 1 atom stereocenters. The van der Waals surface area contributed by atoms with Gasteiger partial charge in [0, 0.05) is 19.5 Å². The van der Waals surface area contributed by atoms with E-state index in [1.54, 1.807) is 4.90 Å². The van der Waals surface area contributed by atoms with E-state index in [-0.39, 0.29) is 12.3 Å². The van der Waals surface area contributed by atoms with Gasteiger partial charge in [0.15, 0.2) is 11.5 Å². The van der Waals surface area contributed by atoms with Crippen LogP contribution in [0.15, 0.2) is 53.6 Å². The van der Waals surface area contributed by atoms with Gasteiger partial charge < -0.3 is 20.1 Å². The van der Waals surface area contributed by atoms with E-state index in [9.17, 15) is 9.59 Å². The summed E-state index contributed by atoms with van der Waals surface area (Å²) in [4.78, 5) is 26.8. The SMILES string of the molecule is CCN(Cc1ccc2c(c1)OCCO2)C(=O)C1=NN(c2ccccc2)[C@H](C(N)=O)C1. The molecule has 0 unspecified atom stereocenters. The Labute approximate surface area is 174 Å². The van der Waals surface area contributed by atoms with E-state index in [1.165, 1.54) is 5.01 Å². The van der Waals surface area contributed by atoms with Crippen LogP contribution in [0.25, 0.3) is 0 Å². The van der Waals surface area contributed by atoms with Gasteiger partial charge in [-0.1, -0.05) is 24.3 Å². The molecule has 2 amide bonds. The topological polar surface area (TPSA) is 97.5 Å². The normalized spacial score (nSPS) is 17.4.